The number of aryl methyl sites for hydroxylation is 1. The Morgan fingerprint density at radius 2 is 2.32 bits per heavy atom. The molecule has 2 aromatic heterocycles. The number of benzene rings is 1. The molecule has 1 aliphatic rings. The van der Waals surface area contributed by atoms with Crippen LogP contribution in [0.3, 0.4) is 0 Å². The van der Waals surface area contributed by atoms with Gasteiger partial charge in [-0.15, -0.1) is 0 Å². The summed E-state index contributed by atoms with van der Waals surface area (Å²) in [6, 6.07) is 7.66. The van der Waals surface area contributed by atoms with Gasteiger partial charge in [0.25, 0.3) is 5.91 Å². The van der Waals surface area contributed by atoms with Crippen LogP contribution in [0.5, 0.6) is 0 Å². The molecule has 0 aliphatic carbocycles. The standard InChI is InChI=1S/C16H16N4O2/c1-20-7-5-10-11(3-2-4-14(10)20)16(21)17-15-12-9-22-8-6-13(12)18-19-15/h2-5,7H,6,8-9H2,1H3,(H2,17,18,19,21). The van der Waals surface area contributed by atoms with Crippen LogP contribution in [0.15, 0.2) is 30.5 Å². The van der Waals surface area contributed by atoms with Crippen LogP contribution in [0.25, 0.3) is 10.9 Å². The Kier molecular flexibility index (Phi) is 2.97. The molecule has 1 aliphatic heterocycles. The normalized spacial score (nSPS) is 14.0. The fraction of sp³-hybridized carbons (Fsp3) is 0.250. The first-order valence-corrected chi connectivity index (χ1v) is 7.23. The van der Waals surface area contributed by atoms with E-state index in [9.17, 15) is 4.79 Å². The number of carbonyl (C=O) groups is 1. The second-order valence-electron chi connectivity index (χ2n) is 5.45. The van der Waals surface area contributed by atoms with E-state index < -0.39 is 0 Å². The SMILES string of the molecule is Cn1ccc2c(C(=O)Nc3n[nH]c4c3COCC4)cccc21. The van der Waals surface area contributed by atoms with Gasteiger partial charge in [0, 0.05) is 47.4 Å². The van der Waals surface area contributed by atoms with Crippen LogP contribution in [-0.4, -0.2) is 27.3 Å². The summed E-state index contributed by atoms with van der Waals surface area (Å²) < 4.78 is 7.44. The van der Waals surface area contributed by atoms with Gasteiger partial charge in [0.05, 0.1) is 13.2 Å². The molecule has 6 heteroatoms. The second kappa shape index (κ2) is 4.99. The Morgan fingerprint density at radius 1 is 1.41 bits per heavy atom. The van der Waals surface area contributed by atoms with E-state index in [4.69, 9.17) is 4.74 Å². The van der Waals surface area contributed by atoms with Crippen molar-refractivity contribution in [1.82, 2.24) is 14.8 Å². The summed E-state index contributed by atoms with van der Waals surface area (Å²) in [6.07, 6.45) is 2.75. The van der Waals surface area contributed by atoms with E-state index in [-0.39, 0.29) is 5.91 Å². The molecule has 0 unspecified atom stereocenters. The van der Waals surface area contributed by atoms with Crippen LogP contribution in [-0.2, 0) is 24.8 Å². The fourth-order valence-electron chi connectivity index (χ4n) is 2.89. The van der Waals surface area contributed by atoms with Gasteiger partial charge in [-0.25, -0.2) is 0 Å². The highest BCUT2D eigenvalue weighted by molar-refractivity contribution is 6.12. The largest absolute Gasteiger partial charge is 0.376 e. The van der Waals surface area contributed by atoms with Crippen molar-refractivity contribution in [1.29, 1.82) is 0 Å². The molecule has 0 saturated carbocycles. The van der Waals surface area contributed by atoms with Crippen molar-refractivity contribution in [3.05, 3.63) is 47.3 Å². The van der Waals surface area contributed by atoms with Crippen LogP contribution in [0.4, 0.5) is 5.82 Å². The second-order valence-corrected chi connectivity index (χ2v) is 5.45. The van der Waals surface area contributed by atoms with Crippen molar-refractivity contribution in [3.8, 4) is 0 Å². The molecular formula is C16H16N4O2. The van der Waals surface area contributed by atoms with Gasteiger partial charge in [-0.05, 0) is 18.2 Å². The van der Waals surface area contributed by atoms with E-state index in [1.165, 1.54) is 0 Å². The number of rotatable bonds is 2. The minimum absolute atomic E-state index is 0.156. The van der Waals surface area contributed by atoms with E-state index in [1.54, 1.807) is 0 Å². The lowest BCUT2D eigenvalue weighted by atomic mass is 10.1. The highest BCUT2D eigenvalue weighted by Crippen LogP contribution is 2.24. The number of anilines is 1. The Bertz CT molecular complexity index is 862. The number of fused-ring (bicyclic) bond motifs is 2. The molecule has 1 amide bonds. The number of nitrogens with zero attached hydrogens (tertiary/aromatic N) is 2. The third-order valence-corrected chi connectivity index (χ3v) is 4.10. The third-order valence-electron chi connectivity index (χ3n) is 4.10. The first-order valence-electron chi connectivity index (χ1n) is 7.23. The number of hydrogen-bond acceptors (Lipinski definition) is 3. The quantitative estimate of drug-likeness (QED) is 0.761. The number of nitrogens with one attached hydrogen (secondary N) is 2. The average molecular weight is 296 g/mol. The Labute approximate surface area is 127 Å². The number of amides is 1. The van der Waals surface area contributed by atoms with Crippen molar-refractivity contribution in [2.24, 2.45) is 7.05 Å². The maximum atomic E-state index is 12.6. The molecule has 2 N–H and O–H groups in total. The Morgan fingerprint density at radius 3 is 3.23 bits per heavy atom. The monoisotopic (exact) mass is 296 g/mol. The number of carbonyl (C=O) groups excluding carboxylic acids is 1. The molecule has 0 atom stereocenters. The summed E-state index contributed by atoms with van der Waals surface area (Å²) >= 11 is 0. The zero-order valence-electron chi connectivity index (χ0n) is 12.2. The summed E-state index contributed by atoms with van der Waals surface area (Å²) in [5, 5.41) is 11.0. The lowest BCUT2D eigenvalue weighted by Crippen LogP contribution is -2.15. The van der Waals surface area contributed by atoms with Gasteiger partial charge in [-0.2, -0.15) is 5.10 Å². The van der Waals surface area contributed by atoms with Gasteiger partial charge < -0.3 is 14.6 Å². The highest BCUT2D eigenvalue weighted by Gasteiger charge is 2.20. The van der Waals surface area contributed by atoms with E-state index in [2.05, 4.69) is 15.5 Å². The van der Waals surface area contributed by atoms with E-state index >= 15 is 0 Å². The Balaban J connectivity index is 1.68. The minimum Gasteiger partial charge on any atom is -0.376 e. The van der Waals surface area contributed by atoms with E-state index in [0.29, 0.717) is 24.6 Å². The first kappa shape index (κ1) is 13.1. The predicted molar refractivity (Wildman–Crippen MR) is 82.8 cm³/mol. The van der Waals surface area contributed by atoms with Crippen molar-refractivity contribution >= 4 is 22.6 Å². The van der Waals surface area contributed by atoms with Gasteiger partial charge in [0.15, 0.2) is 5.82 Å². The molecule has 0 bridgehead atoms. The molecule has 3 heterocycles. The maximum Gasteiger partial charge on any atom is 0.257 e. The smallest absolute Gasteiger partial charge is 0.257 e. The van der Waals surface area contributed by atoms with E-state index in [1.807, 2.05) is 42.1 Å². The van der Waals surface area contributed by atoms with Crippen LogP contribution < -0.4 is 5.32 Å². The Hall–Kier alpha value is -2.60. The minimum atomic E-state index is -0.156. The van der Waals surface area contributed by atoms with Gasteiger partial charge in [-0.1, -0.05) is 6.07 Å². The number of aromatic amines is 1. The molecule has 4 rings (SSSR count). The fourth-order valence-corrected chi connectivity index (χ4v) is 2.89. The summed E-state index contributed by atoms with van der Waals surface area (Å²) in [5.74, 6) is 0.407. The lowest BCUT2D eigenvalue weighted by molar-refractivity contribution is 0.102. The molecular weight excluding hydrogens is 280 g/mol. The molecule has 22 heavy (non-hydrogen) atoms. The van der Waals surface area contributed by atoms with Gasteiger partial charge in [0.1, 0.15) is 0 Å². The molecule has 0 fully saturated rings. The highest BCUT2D eigenvalue weighted by atomic mass is 16.5. The van der Waals surface area contributed by atoms with Crippen molar-refractivity contribution in [2.75, 3.05) is 11.9 Å². The summed E-state index contributed by atoms with van der Waals surface area (Å²) in [4.78, 5) is 12.6. The van der Waals surface area contributed by atoms with Crippen LogP contribution in [0.2, 0.25) is 0 Å². The van der Waals surface area contributed by atoms with Crippen LogP contribution in [0, 0.1) is 0 Å². The number of hydrogen-bond donors (Lipinski definition) is 2. The number of H-pyrrole nitrogens is 1. The van der Waals surface area contributed by atoms with Gasteiger partial charge in [-0.3, -0.25) is 9.89 Å². The van der Waals surface area contributed by atoms with Crippen molar-refractivity contribution in [2.45, 2.75) is 13.0 Å². The lowest BCUT2D eigenvalue weighted by Gasteiger charge is -2.12. The van der Waals surface area contributed by atoms with Gasteiger partial charge >= 0.3 is 0 Å². The van der Waals surface area contributed by atoms with Crippen LogP contribution >= 0.6 is 0 Å². The molecule has 1 aromatic carbocycles. The maximum absolute atomic E-state index is 12.6. The number of ether oxygens (including phenoxy) is 1. The van der Waals surface area contributed by atoms with E-state index in [0.717, 1.165) is 28.6 Å². The summed E-state index contributed by atoms with van der Waals surface area (Å²) in [5.41, 5.74) is 3.66. The zero-order chi connectivity index (χ0) is 15.1. The molecule has 0 radical (unpaired) electrons. The number of aromatic nitrogens is 3. The molecule has 3 aromatic rings. The topological polar surface area (TPSA) is 71.9 Å². The summed E-state index contributed by atoms with van der Waals surface area (Å²) in [7, 11) is 1.96. The molecule has 112 valence electrons. The zero-order valence-corrected chi connectivity index (χ0v) is 12.2. The van der Waals surface area contributed by atoms with Crippen LogP contribution in [0.1, 0.15) is 21.6 Å². The molecule has 0 spiro atoms. The average Bonchev–Trinajstić information content (AvgIpc) is 3.12. The summed E-state index contributed by atoms with van der Waals surface area (Å²) in [6.45, 7) is 1.17. The molecule has 6 nitrogen and oxygen atoms in total. The predicted octanol–water partition coefficient (Wildman–Crippen LogP) is 2.23. The third kappa shape index (κ3) is 2.00. The van der Waals surface area contributed by atoms with Crippen molar-refractivity contribution in [3.63, 3.8) is 0 Å². The van der Waals surface area contributed by atoms with Gasteiger partial charge in [0.2, 0.25) is 0 Å². The molecule has 0 saturated heterocycles. The van der Waals surface area contributed by atoms with Crippen molar-refractivity contribution < 1.29 is 9.53 Å². The first-order chi connectivity index (χ1) is 10.7.